The Morgan fingerprint density at radius 2 is 2.33 bits per heavy atom. The normalized spacial score (nSPS) is 9.00. The van der Waals surface area contributed by atoms with Crippen molar-refractivity contribution in [2.75, 3.05) is 15.3 Å². The first-order chi connectivity index (χ1) is 2.91. The van der Waals surface area contributed by atoms with Crippen molar-refractivity contribution in [3.63, 3.8) is 0 Å². The molecule has 38 valence electrons. The van der Waals surface area contributed by atoms with Crippen molar-refractivity contribution in [1.29, 1.82) is 0 Å². The molecule has 0 aliphatic carbocycles. The van der Waals surface area contributed by atoms with Gasteiger partial charge in [-0.25, -0.2) is 0 Å². The highest BCUT2D eigenvalue weighted by molar-refractivity contribution is 14.1. The van der Waals surface area contributed by atoms with Crippen LogP contribution >= 0.6 is 47.0 Å². The highest BCUT2D eigenvalue weighted by Crippen LogP contribution is 2.01. The van der Waals surface area contributed by atoms with Crippen molar-refractivity contribution in [1.82, 2.24) is 0 Å². The molecular weight excluding hydrogens is 227 g/mol. The first-order valence-corrected chi connectivity index (χ1v) is 4.97. The zero-order valence-electron chi connectivity index (χ0n) is 3.35. The van der Waals surface area contributed by atoms with Gasteiger partial charge < -0.3 is 0 Å². The SMILES string of the molecule is SCSCCI. The van der Waals surface area contributed by atoms with Crippen LogP contribution in [0.3, 0.4) is 0 Å². The molecule has 0 heterocycles. The summed E-state index contributed by atoms with van der Waals surface area (Å²) in [6, 6.07) is 0. The van der Waals surface area contributed by atoms with E-state index >= 15 is 0 Å². The average Bonchev–Trinajstić information content (AvgIpc) is 1.61. The largest absolute Gasteiger partial charge is 0.168 e. The van der Waals surface area contributed by atoms with Crippen molar-refractivity contribution in [3.05, 3.63) is 0 Å². The van der Waals surface area contributed by atoms with E-state index in [-0.39, 0.29) is 0 Å². The lowest BCUT2D eigenvalue weighted by Gasteiger charge is -1.85. The Labute approximate surface area is 62.0 Å². The van der Waals surface area contributed by atoms with Gasteiger partial charge in [-0.15, -0.1) is 0 Å². The topological polar surface area (TPSA) is 0 Å². The predicted octanol–water partition coefficient (Wildman–Crippen LogP) is 2.04. The molecule has 0 atom stereocenters. The molecule has 3 heteroatoms. The fraction of sp³-hybridized carbons (Fsp3) is 1.00. The number of hydrogen-bond acceptors (Lipinski definition) is 2. The first kappa shape index (κ1) is 7.43. The molecular formula is C3H7IS2. The van der Waals surface area contributed by atoms with E-state index in [1.807, 2.05) is 11.8 Å². The molecule has 0 aromatic heterocycles. The number of thioether (sulfide) groups is 1. The van der Waals surface area contributed by atoms with Crippen LogP contribution in [0.4, 0.5) is 0 Å². The molecule has 0 fully saturated rings. The van der Waals surface area contributed by atoms with Gasteiger partial charge in [0.15, 0.2) is 0 Å². The summed E-state index contributed by atoms with van der Waals surface area (Å²) in [5.74, 6) is 1.24. The van der Waals surface area contributed by atoms with Crippen molar-refractivity contribution < 1.29 is 0 Å². The van der Waals surface area contributed by atoms with E-state index in [4.69, 9.17) is 0 Å². The molecule has 6 heavy (non-hydrogen) atoms. The van der Waals surface area contributed by atoms with Crippen molar-refractivity contribution >= 4 is 47.0 Å². The van der Waals surface area contributed by atoms with Gasteiger partial charge in [0.1, 0.15) is 0 Å². The summed E-state index contributed by atoms with van der Waals surface area (Å²) < 4.78 is 1.24. The van der Waals surface area contributed by atoms with Gasteiger partial charge in [-0.1, -0.05) is 22.6 Å². The predicted molar refractivity (Wildman–Crippen MR) is 45.2 cm³/mol. The van der Waals surface area contributed by atoms with Crippen LogP contribution in [-0.4, -0.2) is 15.3 Å². The third-order valence-corrected chi connectivity index (χ3v) is 2.81. The molecule has 0 unspecified atom stereocenters. The van der Waals surface area contributed by atoms with Gasteiger partial charge in [0.25, 0.3) is 0 Å². The van der Waals surface area contributed by atoms with E-state index in [1.165, 1.54) is 10.2 Å². The number of hydrogen-bond donors (Lipinski definition) is 1. The monoisotopic (exact) mass is 234 g/mol. The zero-order chi connectivity index (χ0) is 4.83. The minimum absolute atomic E-state index is 0.961. The maximum atomic E-state index is 4.01. The van der Waals surface area contributed by atoms with Crippen LogP contribution in [0.15, 0.2) is 0 Å². The second-order valence-electron chi connectivity index (χ2n) is 0.726. The third-order valence-electron chi connectivity index (χ3n) is 0.313. The molecule has 0 bridgehead atoms. The molecule has 0 aromatic rings. The Hall–Kier alpha value is 1.43. The van der Waals surface area contributed by atoms with Gasteiger partial charge >= 0.3 is 0 Å². The minimum Gasteiger partial charge on any atom is -0.168 e. The highest BCUT2D eigenvalue weighted by atomic mass is 127. The van der Waals surface area contributed by atoms with Crippen LogP contribution in [0.1, 0.15) is 0 Å². The maximum Gasteiger partial charge on any atom is 0.0362 e. The van der Waals surface area contributed by atoms with Gasteiger partial charge in [-0.3, -0.25) is 0 Å². The van der Waals surface area contributed by atoms with Crippen LogP contribution < -0.4 is 0 Å². The summed E-state index contributed by atoms with van der Waals surface area (Å²) in [5, 5.41) is 0.961. The molecule has 0 saturated heterocycles. The minimum atomic E-state index is 0.961. The van der Waals surface area contributed by atoms with Crippen LogP contribution in [-0.2, 0) is 0 Å². The van der Waals surface area contributed by atoms with E-state index in [2.05, 4.69) is 35.2 Å². The molecule has 0 amide bonds. The third kappa shape index (κ3) is 5.43. The quantitative estimate of drug-likeness (QED) is 0.256. The molecule has 0 nitrogen and oxygen atoms in total. The fourth-order valence-corrected chi connectivity index (χ4v) is 1.68. The Morgan fingerprint density at radius 1 is 1.67 bits per heavy atom. The standard InChI is InChI=1S/C3H7IS2/c4-1-2-6-3-5/h5H,1-3H2. The highest BCUT2D eigenvalue weighted by Gasteiger charge is 1.76. The lowest BCUT2D eigenvalue weighted by Crippen LogP contribution is -1.74. The zero-order valence-corrected chi connectivity index (χ0v) is 7.22. The summed E-state index contributed by atoms with van der Waals surface area (Å²) in [4.78, 5) is 0. The Bertz CT molecular complexity index is 20.8. The van der Waals surface area contributed by atoms with Gasteiger partial charge in [0.2, 0.25) is 0 Å². The summed E-state index contributed by atoms with van der Waals surface area (Å²) in [7, 11) is 0. The average molecular weight is 234 g/mol. The summed E-state index contributed by atoms with van der Waals surface area (Å²) in [6.45, 7) is 0. The molecule has 0 aliphatic heterocycles. The molecule has 0 aromatic carbocycles. The fourth-order valence-electron chi connectivity index (χ4n) is 0.119. The Kier molecular flexibility index (Phi) is 7.96. The second-order valence-corrected chi connectivity index (χ2v) is 3.65. The van der Waals surface area contributed by atoms with E-state index in [9.17, 15) is 0 Å². The first-order valence-electron chi connectivity index (χ1n) is 1.66. The van der Waals surface area contributed by atoms with E-state index in [1.54, 1.807) is 0 Å². The summed E-state index contributed by atoms with van der Waals surface area (Å²) in [5.41, 5.74) is 0. The van der Waals surface area contributed by atoms with Gasteiger partial charge in [0.05, 0.1) is 0 Å². The maximum absolute atomic E-state index is 4.01. The Balaban J connectivity index is 2.34. The van der Waals surface area contributed by atoms with Crippen molar-refractivity contribution in [2.24, 2.45) is 0 Å². The molecule has 0 rings (SSSR count). The van der Waals surface area contributed by atoms with E-state index < -0.39 is 0 Å². The molecule has 0 aliphatic rings. The smallest absolute Gasteiger partial charge is 0.0362 e. The molecule has 0 N–H and O–H groups in total. The number of thiol groups is 1. The van der Waals surface area contributed by atoms with E-state index in [0.29, 0.717) is 0 Å². The summed E-state index contributed by atoms with van der Waals surface area (Å²) in [6.07, 6.45) is 0. The number of rotatable bonds is 3. The molecule has 0 radical (unpaired) electrons. The van der Waals surface area contributed by atoms with Crippen LogP contribution in [0.25, 0.3) is 0 Å². The van der Waals surface area contributed by atoms with Gasteiger partial charge in [0, 0.05) is 15.3 Å². The number of halogens is 1. The molecule has 0 saturated carbocycles. The lowest BCUT2D eigenvalue weighted by atomic mass is 11.0. The van der Waals surface area contributed by atoms with Crippen LogP contribution in [0.5, 0.6) is 0 Å². The summed E-state index contributed by atoms with van der Waals surface area (Å²) >= 11 is 8.24. The lowest BCUT2D eigenvalue weighted by molar-refractivity contribution is 1.61. The number of alkyl halides is 1. The van der Waals surface area contributed by atoms with Crippen molar-refractivity contribution in [2.45, 2.75) is 0 Å². The van der Waals surface area contributed by atoms with Crippen molar-refractivity contribution in [3.8, 4) is 0 Å². The van der Waals surface area contributed by atoms with Crippen LogP contribution in [0.2, 0.25) is 0 Å². The van der Waals surface area contributed by atoms with E-state index in [0.717, 1.165) is 5.08 Å². The van der Waals surface area contributed by atoms with Crippen LogP contribution in [0, 0.1) is 0 Å². The van der Waals surface area contributed by atoms with Gasteiger partial charge in [-0.05, 0) is 0 Å². The Morgan fingerprint density at radius 3 is 2.50 bits per heavy atom. The second kappa shape index (κ2) is 6.43. The van der Waals surface area contributed by atoms with Gasteiger partial charge in [-0.2, -0.15) is 24.4 Å². The molecule has 0 spiro atoms.